The summed E-state index contributed by atoms with van der Waals surface area (Å²) in [7, 11) is 4.44. The summed E-state index contributed by atoms with van der Waals surface area (Å²) in [6.07, 6.45) is 5.48. The monoisotopic (exact) mass is 863 g/mol. The van der Waals surface area contributed by atoms with Crippen LogP contribution in [0.15, 0.2) is 74.5 Å². The van der Waals surface area contributed by atoms with Crippen LogP contribution < -0.4 is 5.73 Å². The Bertz CT molecular complexity index is 1970. The number of ether oxygens (including phenoxy) is 1. The van der Waals surface area contributed by atoms with Gasteiger partial charge in [-0.3, -0.25) is 18.7 Å². The van der Waals surface area contributed by atoms with Crippen LogP contribution >= 0.6 is 53.8 Å². The molecule has 7 nitrogen and oxygen atoms in total. The quantitative estimate of drug-likeness (QED) is 0.158. The number of thioether (sulfide) groups is 1. The number of pyridine rings is 1. The number of carbonyl (C=O) groups excluding carboxylic acids is 1. The van der Waals surface area contributed by atoms with Crippen LogP contribution in [0, 0.1) is 23.0 Å². The molecule has 0 saturated carbocycles. The molecule has 51 heavy (non-hydrogen) atoms. The highest BCUT2D eigenvalue weighted by Crippen LogP contribution is 2.41. The van der Waals surface area contributed by atoms with Crippen LogP contribution in [0.1, 0.15) is 69.5 Å². The summed E-state index contributed by atoms with van der Waals surface area (Å²) in [6, 6.07) is 14.1. The Labute approximate surface area is 324 Å². The molecule has 1 aliphatic rings. The zero-order valence-electron chi connectivity index (χ0n) is 29.8. The van der Waals surface area contributed by atoms with E-state index in [1.807, 2.05) is 54.0 Å². The molecule has 3 heterocycles. The van der Waals surface area contributed by atoms with Gasteiger partial charge in [-0.1, -0.05) is 45.0 Å². The number of hydrogen-bond acceptors (Lipinski definition) is 8. The highest BCUT2D eigenvalue weighted by atomic mass is 127. The number of hydrogen-bond donors (Lipinski definition) is 1. The van der Waals surface area contributed by atoms with Crippen LogP contribution in [0.2, 0.25) is 0 Å². The lowest BCUT2D eigenvalue weighted by atomic mass is 9.77. The number of amidine groups is 2. The molecule has 0 spiro atoms. The molecular formula is C38H44F2IN5O2S3. The molecule has 0 saturated heterocycles. The van der Waals surface area contributed by atoms with Crippen molar-refractivity contribution in [3.05, 3.63) is 88.9 Å². The fraction of sp³-hybridized carbons (Fsp3) is 0.421. The van der Waals surface area contributed by atoms with Gasteiger partial charge in [0.2, 0.25) is 0 Å². The van der Waals surface area contributed by atoms with Crippen molar-refractivity contribution in [2.24, 2.45) is 27.1 Å². The highest BCUT2D eigenvalue weighted by molar-refractivity contribution is 14.2. The molecule has 0 amide bonds. The Morgan fingerprint density at radius 3 is 2.67 bits per heavy atom. The first-order chi connectivity index (χ1) is 24.3. The summed E-state index contributed by atoms with van der Waals surface area (Å²) >= 11 is 5.37. The first-order valence-electron chi connectivity index (χ1n) is 16.8. The van der Waals surface area contributed by atoms with Crippen molar-refractivity contribution in [3.8, 4) is 0 Å². The predicted octanol–water partition coefficient (Wildman–Crippen LogP) is 9.84. The maximum atomic E-state index is 16.0. The van der Waals surface area contributed by atoms with E-state index >= 15 is 8.78 Å². The number of nitrogens with two attached hydrogens (primary N) is 1. The second-order valence-electron chi connectivity index (χ2n) is 13.9. The van der Waals surface area contributed by atoms with Crippen LogP contribution in [0.4, 0.5) is 8.78 Å². The van der Waals surface area contributed by atoms with Crippen molar-refractivity contribution in [2.45, 2.75) is 75.0 Å². The van der Waals surface area contributed by atoms with Gasteiger partial charge in [-0.2, -0.15) is 11.8 Å². The number of fused-ring (bicyclic) bond motifs is 5. The van der Waals surface area contributed by atoms with E-state index in [4.69, 9.17) is 20.4 Å². The van der Waals surface area contributed by atoms with E-state index in [9.17, 15) is 4.79 Å². The molecular weight excluding hydrogens is 820 g/mol. The molecule has 1 aliphatic heterocycles. The lowest BCUT2D eigenvalue weighted by molar-refractivity contribution is -0.144. The Balaban J connectivity index is 1.61. The second kappa shape index (κ2) is 17.0. The summed E-state index contributed by atoms with van der Waals surface area (Å²) < 4.78 is 38.6. The molecule has 4 aromatic rings. The molecule has 2 aromatic carbocycles. The van der Waals surface area contributed by atoms with Crippen LogP contribution in [0.5, 0.6) is 0 Å². The van der Waals surface area contributed by atoms with E-state index in [2.05, 4.69) is 46.1 Å². The van der Waals surface area contributed by atoms with Crippen LogP contribution in [0.25, 0.3) is 10.9 Å². The van der Waals surface area contributed by atoms with Crippen LogP contribution in [-0.2, 0) is 27.8 Å². The van der Waals surface area contributed by atoms with Gasteiger partial charge in [0.05, 0.1) is 40.1 Å². The largest absolute Gasteiger partial charge is 0.469 e. The molecule has 2 N–H and O–H groups in total. The molecule has 2 bridgehead atoms. The van der Waals surface area contributed by atoms with Crippen LogP contribution in [0.3, 0.4) is 0 Å². The number of esters is 1. The number of aliphatic imine (C=N–C) groups is 2. The van der Waals surface area contributed by atoms with Gasteiger partial charge in [-0.05, 0) is 85.1 Å². The molecule has 272 valence electrons. The minimum absolute atomic E-state index is 0.0147. The lowest BCUT2D eigenvalue weighted by Gasteiger charge is -2.31. The zero-order valence-corrected chi connectivity index (χ0v) is 34.4. The number of rotatable bonds is 5. The third-order valence-electron chi connectivity index (χ3n) is 9.46. The smallest absolute Gasteiger partial charge is 0.308 e. The van der Waals surface area contributed by atoms with E-state index in [0.29, 0.717) is 34.7 Å². The third kappa shape index (κ3) is 9.13. The topological polar surface area (TPSA) is 94.9 Å². The molecule has 2 aromatic heterocycles. The number of methoxy groups -OCH3 is 1. The average Bonchev–Trinajstić information content (AvgIpc) is 3.52. The van der Waals surface area contributed by atoms with Gasteiger partial charge in [-0.25, -0.2) is 13.8 Å². The van der Waals surface area contributed by atoms with Gasteiger partial charge in [0.1, 0.15) is 17.5 Å². The number of carbonyl (C=O) groups is 1. The van der Waals surface area contributed by atoms with Crippen molar-refractivity contribution in [2.75, 3.05) is 25.7 Å². The van der Waals surface area contributed by atoms with E-state index in [0.717, 1.165) is 46.5 Å². The number of nitrogens with zero attached hydrogens (tertiary/aromatic N) is 4. The summed E-state index contributed by atoms with van der Waals surface area (Å²) in [5.41, 5.74) is 9.54. The van der Waals surface area contributed by atoms with Crippen molar-refractivity contribution in [1.82, 2.24) is 8.96 Å². The fourth-order valence-corrected chi connectivity index (χ4v) is 10.0. The summed E-state index contributed by atoms with van der Waals surface area (Å²) in [6.45, 7) is 8.38. The van der Waals surface area contributed by atoms with E-state index in [1.165, 1.54) is 34.1 Å². The molecule has 0 radical (unpaired) electrons. The normalized spacial score (nSPS) is 20.3. The van der Waals surface area contributed by atoms with Gasteiger partial charge in [0.25, 0.3) is 0 Å². The average molecular weight is 864 g/mol. The maximum Gasteiger partial charge on any atom is 0.308 e. The molecule has 0 fully saturated rings. The van der Waals surface area contributed by atoms with E-state index in [-0.39, 0.29) is 40.4 Å². The lowest BCUT2D eigenvalue weighted by Crippen LogP contribution is -2.40. The van der Waals surface area contributed by atoms with Gasteiger partial charge in [0, 0.05) is 72.0 Å². The van der Waals surface area contributed by atoms with Crippen molar-refractivity contribution >= 4 is 82.4 Å². The fourth-order valence-electron chi connectivity index (χ4n) is 6.42. The van der Waals surface area contributed by atoms with Crippen molar-refractivity contribution in [3.63, 3.8) is 0 Å². The first kappa shape index (κ1) is 39.6. The molecule has 2 unspecified atom stereocenters. The summed E-state index contributed by atoms with van der Waals surface area (Å²) in [4.78, 5) is 27.6. The second-order valence-corrected chi connectivity index (χ2v) is 17.8. The predicted molar refractivity (Wildman–Crippen MR) is 219 cm³/mol. The highest BCUT2D eigenvalue weighted by Gasteiger charge is 2.35. The van der Waals surface area contributed by atoms with Crippen molar-refractivity contribution < 1.29 is 18.3 Å². The number of benzene rings is 2. The molecule has 13 heteroatoms. The Kier molecular flexibility index (Phi) is 13.2. The Hall–Kier alpha value is -2.62. The van der Waals surface area contributed by atoms with E-state index in [1.54, 1.807) is 25.2 Å². The van der Waals surface area contributed by atoms with Gasteiger partial charge in [0.15, 0.2) is 5.84 Å². The van der Waals surface area contributed by atoms with E-state index < -0.39 is 11.2 Å². The van der Waals surface area contributed by atoms with Gasteiger partial charge < -0.3 is 10.5 Å². The minimum atomic E-state index is -0.821. The maximum absolute atomic E-state index is 16.0. The standard InChI is InChI=1S/C38H44F2IN5O2S3/c1-23(35(47)48-6)19-24-9-7-10-32(44-24)38(4)16-8-15-37(2,3)22-49-18-14-27-26-13-17-46(51-41)31(26)21-30(40)33(27)50-25-11-12-29(39)28(20-25)34(43-5)45-36(38)42/h7,9-13,17,20-21,23H,8,14-16,18-19,22H2,1-6H3,(H2,42,43,45). The SMILES string of the molecule is CN=C1N=C(N)C(C)(c2cccc(CC(C)C(=O)OC)n2)CCCC(C)(C)CSCCc2c(c(F)cc3c2ccn3SI)Sc2ccc(F)c1c2. The Morgan fingerprint density at radius 2 is 1.94 bits per heavy atom. The molecule has 5 rings (SSSR count). The van der Waals surface area contributed by atoms with Crippen LogP contribution in [-0.4, -0.2) is 52.3 Å². The summed E-state index contributed by atoms with van der Waals surface area (Å²) in [5.74, 6) is 0.686. The molecule has 0 aliphatic carbocycles. The first-order valence-corrected chi connectivity index (χ1v) is 22.1. The van der Waals surface area contributed by atoms with Crippen molar-refractivity contribution in [1.29, 1.82) is 0 Å². The van der Waals surface area contributed by atoms with Gasteiger partial charge in [-0.15, -0.1) is 0 Å². The number of aromatic nitrogens is 2. The van der Waals surface area contributed by atoms with Gasteiger partial charge >= 0.3 is 5.97 Å². The third-order valence-corrected chi connectivity index (χ3v) is 13.8. The zero-order chi connectivity index (χ0) is 36.9. The number of halogens is 3. The Morgan fingerprint density at radius 1 is 1.16 bits per heavy atom. The summed E-state index contributed by atoms with van der Waals surface area (Å²) in [5, 5.41) is 1.02. The minimum Gasteiger partial charge on any atom is -0.469 e. The number of aryl methyl sites for hydroxylation is 1. The molecule has 2 atom stereocenters.